The Morgan fingerprint density at radius 1 is 1.00 bits per heavy atom. The van der Waals surface area contributed by atoms with Crippen LogP contribution >= 0.6 is 0 Å². The van der Waals surface area contributed by atoms with Crippen molar-refractivity contribution in [1.82, 2.24) is 9.78 Å². The summed E-state index contributed by atoms with van der Waals surface area (Å²) in [6.07, 6.45) is 1.69. The Bertz CT molecular complexity index is 795. The van der Waals surface area contributed by atoms with Crippen LogP contribution in [-0.2, 0) is 17.6 Å². The molecule has 0 saturated heterocycles. The zero-order chi connectivity index (χ0) is 16.8. The number of para-hydroxylation sites is 1. The minimum absolute atomic E-state index is 0.344. The molecule has 0 amide bonds. The van der Waals surface area contributed by atoms with Gasteiger partial charge in [-0.3, -0.25) is 0 Å². The first-order valence-electron chi connectivity index (χ1n) is 8.13. The Morgan fingerprint density at radius 3 is 2.33 bits per heavy atom. The number of carbonyl (C=O) groups is 1. The summed E-state index contributed by atoms with van der Waals surface area (Å²) in [4.78, 5) is 12.0. The van der Waals surface area contributed by atoms with Crippen LogP contribution in [0.25, 0.3) is 5.69 Å². The van der Waals surface area contributed by atoms with Crippen molar-refractivity contribution in [3.63, 3.8) is 0 Å². The maximum Gasteiger partial charge on any atom is 0.358 e. The smallest absolute Gasteiger partial charge is 0.358 e. The molecule has 0 aliphatic rings. The van der Waals surface area contributed by atoms with Crippen LogP contribution in [0.5, 0.6) is 0 Å². The third-order valence-corrected chi connectivity index (χ3v) is 3.78. The van der Waals surface area contributed by atoms with Gasteiger partial charge in [-0.05, 0) is 43.5 Å². The number of hydrogen-bond acceptors (Lipinski definition) is 3. The Labute approximate surface area is 141 Å². The highest BCUT2D eigenvalue weighted by molar-refractivity contribution is 5.87. The summed E-state index contributed by atoms with van der Waals surface area (Å²) in [7, 11) is 0. The summed E-state index contributed by atoms with van der Waals surface area (Å²) >= 11 is 0. The lowest BCUT2D eigenvalue weighted by Crippen LogP contribution is -2.07. The molecule has 4 heteroatoms. The fraction of sp³-hybridized carbons (Fsp3) is 0.200. The highest BCUT2D eigenvalue weighted by Crippen LogP contribution is 2.16. The number of aryl methyl sites for hydroxylation is 2. The van der Waals surface area contributed by atoms with Crippen molar-refractivity contribution >= 4 is 5.97 Å². The fourth-order valence-electron chi connectivity index (χ4n) is 2.61. The number of rotatable bonds is 6. The molecule has 0 atom stereocenters. The highest BCUT2D eigenvalue weighted by atomic mass is 16.5. The van der Waals surface area contributed by atoms with Crippen LogP contribution in [0.2, 0.25) is 0 Å². The monoisotopic (exact) mass is 320 g/mol. The van der Waals surface area contributed by atoms with Crippen molar-refractivity contribution in [2.45, 2.75) is 19.8 Å². The van der Waals surface area contributed by atoms with Crippen LogP contribution in [-0.4, -0.2) is 22.4 Å². The van der Waals surface area contributed by atoms with Crippen LogP contribution in [0.15, 0.2) is 66.7 Å². The van der Waals surface area contributed by atoms with Gasteiger partial charge in [0.05, 0.1) is 12.3 Å². The van der Waals surface area contributed by atoms with Gasteiger partial charge < -0.3 is 4.74 Å². The predicted molar refractivity (Wildman–Crippen MR) is 93.4 cm³/mol. The minimum Gasteiger partial charge on any atom is -0.461 e. The van der Waals surface area contributed by atoms with Gasteiger partial charge in [-0.1, -0.05) is 48.5 Å². The zero-order valence-electron chi connectivity index (χ0n) is 13.7. The molecule has 122 valence electrons. The van der Waals surface area contributed by atoms with Crippen molar-refractivity contribution in [2.75, 3.05) is 6.61 Å². The molecular weight excluding hydrogens is 300 g/mol. The molecule has 24 heavy (non-hydrogen) atoms. The van der Waals surface area contributed by atoms with E-state index in [1.54, 1.807) is 6.92 Å². The number of ether oxygens (including phenoxy) is 1. The van der Waals surface area contributed by atoms with Crippen LogP contribution in [0.1, 0.15) is 28.7 Å². The molecule has 2 aromatic carbocycles. The van der Waals surface area contributed by atoms with Gasteiger partial charge in [-0.15, -0.1) is 0 Å². The predicted octanol–water partition coefficient (Wildman–Crippen LogP) is 3.83. The lowest BCUT2D eigenvalue weighted by Gasteiger charge is -2.07. The van der Waals surface area contributed by atoms with E-state index >= 15 is 0 Å². The van der Waals surface area contributed by atoms with Crippen LogP contribution in [0.3, 0.4) is 0 Å². The van der Waals surface area contributed by atoms with Gasteiger partial charge in [0, 0.05) is 5.69 Å². The van der Waals surface area contributed by atoms with E-state index in [0.29, 0.717) is 12.3 Å². The first-order valence-corrected chi connectivity index (χ1v) is 8.13. The van der Waals surface area contributed by atoms with Crippen LogP contribution < -0.4 is 0 Å². The lowest BCUT2D eigenvalue weighted by molar-refractivity contribution is 0.0519. The summed E-state index contributed by atoms with van der Waals surface area (Å²) in [5.41, 5.74) is 3.55. The third kappa shape index (κ3) is 3.71. The van der Waals surface area contributed by atoms with E-state index in [1.807, 2.05) is 59.3 Å². The quantitative estimate of drug-likeness (QED) is 0.648. The van der Waals surface area contributed by atoms with Gasteiger partial charge >= 0.3 is 5.97 Å². The second-order valence-electron chi connectivity index (χ2n) is 5.47. The molecule has 3 aromatic rings. The molecule has 0 bridgehead atoms. The summed E-state index contributed by atoms with van der Waals surface area (Å²) in [6.45, 7) is 2.14. The molecule has 0 radical (unpaired) electrons. The summed E-state index contributed by atoms with van der Waals surface area (Å²) < 4.78 is 6.91. The highest BCUT2D eigenvalue weighted by Gasteiger charge is 2.16. The van der Waals surface area contributed by atoms with Crippen molar-refractivity contribution in [1.29, 1.82) is 0 Å². The van der Waals surface area contributed by atoms with Gasteiger partial charge in [-0.2, -0.15) is 5.10 Å². The first kappa shape index (κ1) is 16.0. The molecule has 4 nitrogen and oxygen atoms in total. The Balaban J connectivity index is 1.89. The molecule has 0 spiro atoms. The molecule has 0 unspecified atom stereocenters. The molecule has 0 aliphatic carbocycles. The summed E-state index contributed by atoms with van der Waals surface area (Å²) in [6, 6.07) is 22.0. The molecule has 1 aromatic heterocycles. The van der Waals surface area contributed by atoms with Gasteiger partial charge in [0.1, 0.15) is 0 Å². The second-order valence-corrected chi connectivity index (χ2v) is 5.47. The van der Waals surface area contributed by atoms with E-state index in [4.69, 9.17) is 4.74 Å². The van der Waals surface area contributed by atoms with Crippen molar-refractivity contribution < 1.29 is 9.53 Å². The van der Waals surface area contributed by atoms with Gasteiger partial charge in [0.2, 0.25) is 0 Å². The number of esters is 1. The Hall–Kier alpha value is -2.88. The molecular formula is C20H20N2O2. The molecule has 3 rings (SSSR count). The normalized spacial score (nSPS) is 10.5. The van der Waals surface area contributed by atoms with E-state index in [0.717, 1.165) is 24.2 Å². The topological polar surface area (TPSA) is 44.1 Å². The number of aromatic nitrogens is 2. The standard InChI is InChI=1S/C20H20N2O2/c1-2-24-20(23)19-15-18(14-13-16-9-5-3-6-10-16)22(21-19)17-11-7-4-8-12-17/h3-12,15H,2,13-14H2,1H3. The minimum atomic E-state index is -0.381. The summed E-state index contributed by atoms with van der Waals surface area (Å²) in [5, 5.41) is 4.45. The Kier molecular flexibility index (Phi) is 5.06. The number of nitrogens with zero attached hydrogens (tertiary/aromatic N) is 2. The van der Waals surface area contributed by atoms with Crippen LogP contribution in [0, 0.1) is 0 Å². The van der Waals surface area contributed by atoms with E-state index in [2.05, 4.69) is 17.2 Å². The van der Waals surface area contributed by atoms with Crippen molar-refractivity contribution in [3.8, 4) is 5.69 Å². The van der Waals surface area contributed by atoms with Crippen molar-refractivity contribution in [3.05, 3.63) is 83.7 Å². The fourth-order valence-corrected chi connectivity index (χ4v) is 2.61. The molecule has 0 fully saturated rings. The van der Waals surface area contributed by atoms with Crippen molar-refractivity contribution in [2.24, 2.45) is 0 Å². The molecule has 1 heterocycles. The molecule has 0 aliphatic heterocycles. The maximum atomic E-state index is 12.0. The third-order valence-electron chi connectivity index (χ3n) is 3.78. The van der Waals surface area contributed by atoms with E-state index < -0.39 is 0 Å². The first-order chi connectivity index (χ1) is 11.8. The SMILES string of the molecule is CCOC(=O)c1cc(CCc2ccccc2)n(-c2ccccc2)n1. The Morgan fingerprint density at radius 2 is 1.67 bits per heavy atom. The van der Waals surface area contributed by atoms with E-state index in [1.165, 1.54) is 5.56 Å². The largest absolute Gasteiger partial charge is 0.461 e. The average molecular weight is 320 g/mol. The number of hydrogen-bond donors (Lipinski definition) is 0. The maximum absolute atomic E-state index is 12.0. The molecule has 0 N–H and O–H groups in total. The lowest BCUT2D eigenvalue weighted by atomic mass is 10.1. The number of benzene rings is 2. The van der Waals surface area contributed by atoms with Crippen LogP contribution in [0.4, 0.5) is 0 Å². The van der Waals surface area contributed by atoms with Gasteiger partial charge in [0.25, 0.3) is 0 Å². The second kappa shape index (κ2) is 7.59. The number of carbonyl (C=O) groups excluding carboxylic acids is 1. The average Bonchev–Trinajstić information content (AvgIpc) is 3.06. The molecule has 0 saturated carbocycles. The zero-order valence-corrected chi connectivity index (χ0v) is 13.7. The van der Waals surface area contributed by atoms with E-state index in [9.17, 15) is 4.79 Å². The van der Waals surface area contributed by atoms with Gasteiger partial charge in [-0.25, -0.2) is 9.48 Å². The van der Waals surface area contributed by atoms with E-state index in [-0.39, 0.29) is 5.97 Å². The summed E-state index contributed by atoms with van der Waals surface area (Å²) in [5.74, 6) is -0.381. The van der Waals surface area contributed by atoms with Gasteiger partial charge in [0.15, 0.2) is 5.69 Å².